The number of halogens is 3. The molecule has 0 spiro atoms. The Labute approximate surface area is 121 Å². The summed E-state index contributed by atoms with van der Waals surface area (Å²) in [6, 6.07) is 6.85. The van der Waals surface area contributed by atoms with Crippen LogP contribution in [0.4, 0.5) is 0 Å². The van der Waals surface area contributed by atoms with Gasteiger partial charge in [0.2, 0.25) is 0 Å². The van der Waals surface area contributed by atoms with Gasteiger partial charge < -0.3 is 0 Å². The van der Waals surface area contributed by atoms with E-state index in [0.29, 0.717) is 22.0 Å². The van der Waals surface area contributed by atoms with E-state index in [1.54, 1.807) is 18.2 Å². The predicted molar refractivity (Wildman–Crippen MR) is 76.5 cm³/mol. The summed E-state index contributed by atoms with van der Waals surface area (Å²) in [4.78, 5) is 13.0. The molecule has 2 aromatic rings. The van der Waals surface area contributed by atoms with Crippen LogP contribution in [0.2, 0.25) is 10.0 Å². The SMILES string of the molecule is O=C(Cc1cc(Br)cs1)c1cc(Cl)ccc1Cl. The van der Waals surface area contributed by atoms with E-state index in [9.17, 15) is 4.79 Å². The van der Waals surface area contributed by atoms with E-state index in [2.05, 4.69) is 15.9 Å². The third-order valence-electron chi connectivity index (χ3n) is 2.19. The van der Waals surface area contributed by atoms with Crippen molar-refractivity contribution in [2.45, 2.75) is 6.42 Å². The van der Waals surface area contributed by atoms with Crippen molar-refractivity contribution in [1.82, 2.24) is 0 Å². The number of carbonyl (C=O) groups excluding carboxylic acids is 1. The van der Waals surface area contributed by atoms with Crippen LogP contribution in [-0.2, 0) is 6.42 Å². The van der Waals surface area contributed by atoms with Crippen molar-refractivity contribution in [3.05, 3.63) is 54.6 Å². The maximum absolute atomic E-state index is 12.0. The number of thiophene rings is 1. The highest BCUT2D eigenvalue weighted by molar-refractivity contribution is 9.10. The Kier molecular flexibility index (Phi) is 4.26. The first-order valence-electron chi connectivity index (χ1n) is 4.77. The van der Waals surface area contributed by atoms with E-state index < -0.39 is 0 Å². The second-order valence-electron chi connectivity index (χ2n) is 3.46. The number of hydrogen-bond acceptors (Lipinski definition) is 2. The summed E-state index contributed by atoms with van der Waals surface area (Å²) in [5.74, 6) is -0.0214. The van der Waals surface area contributed by atoms with Crippen molar-refractivity contribution in [3.63, 3.8) is 0 Å². The molecule has 0 unspecified atom stereocenters. The van der Waals surface area contributed by atoms with Gasteiger partial charge in [0.05, 0.1) is 5.02 Å². The second-order valence-corrected chi connectivity index (χ2v) is 6.21. The van der Waals surface area contributed by atoms with Gasteiger partial charge in [-0.15, -0.1) is 11.3 Å². The highest BCUT2D eigenvalue weighted by atomic mass is 79.9. The van der Waals surface area contributed by atoms with Crippen LogP contribution < -0.4 is 0 Å². The maximum atomic E-state index is 12.0. The topological polar surface area (TPSA) is 17.1 Å². The zero-order chi connectivity index (χ0) is 12.4. The fraction of sp³-hybridized carbons (Fsp3) is 0.0833. The highest BCUT2D eigenvalue weighted by Crippen LogP contribution is 2.25. The minimum Gasteiger partial charge on any atom is -0.294 e. The van der Waals surface area contributed by atoms with E-state index >= 15 is 0 Å². The van der Waals surface area contributed by atoms with Gasteiger partial charge in [0.1, 0.15) is 0 Å². The van der Waals surface area contributed by atoms with Crippen LogP contribution in [0.15, 0.2) is 34.1 Å². The van der Waals surface area contributed by atoms with Crippen LogP contribution in [-0.4, -0.2) is 5.78 Å². The van der Waals surface area contributed by atoms with Crippen molar-refractivity contribution in [1.29, 1.82) is 0 Å². The Bertz CT molecular complexity index is 565. The molecule has 0 fully saturated rings. The Morgan fingerprint density at radius 1 is 1.29 bits per heavy atom. The number of rotatable bonds is 3. The molecule has 0 atom stereocenters. The molecule has 0 aliphatic rings. The average Bonchev–Trinajstić information content (AvgIpc) is 2.67. The van der Waals surface area contributed by atoms with Crippen molar-refractivity contribution >= 4 is 56.3 Å². The van der Waals surface area contributed by atoms with Crippen LogP contribution in [0, 0.1) is 0 Å². The highest BCUT2D eigenvalue weighted by Gasteiger charge is 2.12. The van der Waals surface area contributed by atoms with Gasteiger partial charge in [0.15, 0.2) is 5.78 Å². The molecule has 0 aliphatic heterocycles. The molecule has 2 rings (SSSR count). The minimum absolute atomic E-state index is 0.0214. The fourth-order valence-corrected chi connectivity index (χ4v) is 3.26. The summed E-state index contributed by atoms with van der Waals surface area (Å²) in [6.07, 6.45) is 0.344. The summed E-state index contributed by atoms with van der Waals surface area (Å²) in [5, 5.41) is 2.91. The number of Topliss-reactive ketones (excluding diaryl/α,β-unsaturated/α-hetero) is 1. The molecule has 0 aliphatic carbocycles. The minimum atomic E-state index is -0.0214. The molecule has 5 heteroatoms. The Hall–Kier alpha value is -0.350. The van der Waals surface area contributed by atoms with E-state index in [4.69, 9.17) is 23.2 Å². The van der Waals surface area contributed by atoms with Crippen LogP contribution in [0.3, 0.4) is 0 Å². The molecule has 0 N–H and O–H groups in total. The Morgan fingerprint density at radius 2 is 2.06 bits per heavy atom. The zero-order valence-corrected chi connectivity index (χ0v) is 12.5. The lowest BCUT2D eigenvalue weighted by Crippen LogP contribution is -2.03. The lowest BCUT2D eigenvalue weighted by Gasteiger charge is -2.02. The van der Waals surface area contributed by atoms with Gasteiger partial charge in [-0.25, -0.2) is 0 Å². The first kappa shape index (κ1) is 13.1. The van der Waals surface area contributed by atoms with Crippen LogP contribution in [0.5, 0.6) is 0 Å². The molecule has 0 amide bonds. The third-order valence-corrected chi connectivity index (χ3v) is 4.45. The molecule has 17 heavy (non-hydrogen) atoms. The molecule has 0 saturated carbocycles. The second kappa shape index (κ2) is 5.53. The maximum Gasteiger partial charge on any atom is 0.169 e. The quantitative estimate of drug-likeness (QED) is 0.692. The zero-order valence-electron chi connectivity index (χ0n) is 8.54. The Morgan fingerprint density at radius 3 is 2.71 bits per heavy atom. The van der Waals surface area contributed by atoms with Crippen LogP contribution in [0.25, 0.3) is 0 Å². The van der Waals surface area contributed by atoms with Gasteiger partial charge in [-0.1, -0.05) is 23.2 Å². The largest absolute Gasteiger partial charge is 0.294 e. The third kappa shape index (κ3) is 3.32. The van der Waals surface area contributed by atoms with E-state index in [1.807, 2.05) is 11.4 Å². The predicted octanol–water partition coefficient (Wildman–Crippen LogP) is 5.24. The molecule has 1 aromatic carbocycles. The van der Waals surface area contributed by atoms with Crippen LogP contribution >= 0.6 is 50.5 Å². The first-order valence-corrected chi connectivity index (χ1v) is 7.20. The van der Waals surface area contributed by atoms with Crippen molar-refractivity contribution in [3.8, 4) is 0 Å². The first-order chi connectivity index (χ1) is 8.06. The summed E-state index contributed by atoms with van der Waals surface area (Å²) in [6.45, 7) is 0. The molecule has 0 bridgehead atoms. The monoisotopic (exact) mass is 348 g/mol. The number of benzene rings is 1. The van der Waals surface area contributed by atoms with Crippen molar-refractivity contribution in [2.24, 2.45) is 0 Å². The molecule has 0 saturated heterocycles. The summed E-state index contributed by atoms with van der Waals surface area (Å²) < 4.78 is 0.988. The Balaban J connectivity index is 2.22. The molecular weight excluding hydrogens is 343 g/mol. The van der Waals surface area contributed by atoms with Gasteiger partial charge in [-0.2, -0.15) is 0 Å². The molecule has 1 nitrogen and oxygen atoms in total. The molecule has 0 radical (unpaired) electrons. The van der Waals surface area contributed by atoms with Gasteiger partial charge in [-0.3, -0.25) is 4.79 Å². The lowest BCUT2D eigenvalue weighted by molar-refractivity contribution is 0.0994. The normalized spacial score (nSPS) is 10.5. The van der Waals surface area contributed by atoms with E-state index in [-0.39, 0.29) is 5.78 Å². The van der Waals surface area contributed by atoms with Crippen LogP contribution in [0.1, 0.15) is 15.2 Å². The van der Waals surface area contributed by atoms with Gasteiger partial charge in [-0.05, 0) is 40.2 Å². The van der Waals surface area contributed by atoms with E-state index in [1.165, 1.54) is 11.3 Å². The number of ketones is 1. The molecule has 88 valence electrons. The molecule has 1 aromatic heterocycles. The van der Waals surface area contributed by atoms with Gasteiger partial charge in [0.25, 0.3) is 0 Å². The fourth-order valence-electron chi connectivity index (χ4n) is 1.41. The molecule has 1 heterocycles. The summed E-state index contributed by atoms with van der Waals surface area (Å²) in [5.41, 5.74) is 0.476. The smallest absolute Gasteiger partial charge is 0.169 e. The summed E-state index contributed by atoms with van der Waals surface area (Å²) in [7, 11) is 0. The number of hydrogen-bond donors (Lipinski definition) is 0. The van der Waals surface area contributed by atoms with Gasteiger partial charge in [0, 0.05) is 31.7 Å². The number of carbonyl (C=O) groups is 1. The van der Waals surface area contributed by atoms with Crippen molar-refractivity contribution in [2.75, 3.05) is 0 Å². The molecular formula is C12H7BrCl2OS. The average molecular weight is 350 g/mol. The van der Waals surface area contributed by atoms with Gasteiger partial charge >= 0.3 is 0 Å². The standard InChI is InChI=1S/C12H7BrCl2OS/c13-7-3-9(17-6-7)5-12(16)10-4-8(14)1-2-11(10)15/h1-4,6H,5H2. The summed E-state index contributed by atoms with van der Waals surface area (Å²) >= 11 is 16.7. The lowest BCUT2D eigenvalue weighted by atomic mass is 10.1. The van der Waals surface area contributed by atoms with E-state index in [0.717, 1.165) is 9.35 Å². The van der Waals surface area contributed by atoms with Crippen molar-refractivity contribution < 1.29 is 4.79 Å².